The Morgan fingerprint density at radius 3 is 2.69 bits per heavy atom. The molecule has 86 valence electrons. The summed E-state index contributed by atoms with van der Waals surface area (Å²) in [4.78, 5) is 2.07. The summed E-state index contributed by atoms with van der Waals surface area (Å²) in [5, 5.41) is 17.2. The lowest BCUT2D eigenvalue weighted by Gasteiger charge is -2.30. The number of anilines is 1. The molecule has 0 atom stereocenters. The van der Waals surface area contributed by atoms with Crippen molar-refractivity contribution in [2.45, 2.75) is 0 Å². The molecule has 0 spiro atoms. The Labute approximate surface area is 93.9 Å². The summed E-state index contributed by atoms with van der Waals surface area (Å²) in [6.07, 6.45) is 0. The highest BCUT2D eigenvalue weighted by molar-refractivity contribution is 6.03. The molecule has 0 unspecified atom stereocenters. The van der Waals surface area contributed by atoms with Crippen LogP contribution in [0.4, 0.5) is 5.69 Å². The van der Waals surface area contributed by atoms with Crippen LogP contribution in [0.25, 0.3) is 0 Å². The lowest BCUT2D eigenvalue weighted by atomic mass is 10.1. The third-order valence-electron chi connectivity index (χ3n) is 2.64. The van der Waals surface area contributed by atoms with Gasteiger partial charge in [0, 0.05) is 13.1 Å². The molecule has 0 saturated carbocycles. The second kappa shape index (κ2) is 4.40. The largest absolute Gasteiger partial charge is 0.507 e. The van der Waals surface area contributed by atoms with Crippen LogP contribution in [-0.4, -0.2) is 37.2 Å². The van der Waals surface area contributed by atoms with E-state index in [9.17, 15) is 5.11 Å². The minimum absolute atomic E-state index is 0.0523. The zero-order valence-electron chi connectivity index (χ0n) is 8.94. The number of ether oxygens (including phenoxy) is 1. The normalized spacial score (nSPS) is 16.1. The molecule has 1 saturated heterocycles. The van der Waals surface area contributed by atoms with Gasteiger partial charge in [-0.05, 0) is 12.1 Å². The molecule has 0 bridgehead atoms. The third-order valence-corrected chi connectivity index (χ3v) is 2.64. The maximum Gasteiger partial charge on any atom is 0.128 e. The van der Waals surface area contributed by atoms with Gasteiger partial charge in [-0.1, -0.05) is 6.07 Å². The second-order valence-electron chi connectivity index (χ2n) is 3.68. The van der Waals surface area contributed by atoms with Gasteiger partial charge < -0.3 is 20.5 Å². The average molecular weight is 221 g/mol. The number of nitrogens with zero attached hydrogens (tertiary/aromatic N) is 1. The number of rotatable bonds is 2. The zero-order valence-corrected chi connectivity index (χ0v) is 8.94. The Morgan fingerprint density at radius 2 is 2.06 bits per heavy atom. The summed E-state index contributed by atoms with van der Waals surface area (Å²) in [5.74, 6) is -0.0592. The first-order valence-corrected chi connectivity index (χ1v) is 5.19. The van der Waals surface area contributed by atoms with Crippen molar-refractivity contribution >= 4 is 11.5 Å². The zero-order chi connectivity index (χ0) is 11.5. The first-order chi connectivity index (χ1) is 7.70. The molecule has 0 amide bonds. The van der Waals surface area contributed by atoms with Gasteiger partial charge in [-0.15, -0.1) is 0 Å². The fourth-order valence-electron chi connectivity index (χ4n) is 1.87. The molecular formula is C11H15N3O2. The highest BCUT2D eigenvalue weighted by Crippen LogP contribution is 2.28. The summed E-state index contributed by atoms with van der Waals surface area (Å²) in [6.45, 7) is 2.83. The number of morpholine rings is 1. The van der Waals surface area contributed by atoms with E-state index in [0.717, 1.165) is 18.8 Å². The molecule has 1 aromatic carbocycles. The van der Waals surface area contributed by atoms with Gasteiger partial charge in [0.1, 0.15) is 11.6 Å². The fraction of sp³-hybridized carbons (Fsp3) is 0.364. The number of phenols is 1. The van der Waals surface area contributed by atoms with Crippen LogP contribution in [0.3, 0.4) is 0 Å². The third kappa shape index (κ3) is 1.94. The summed E-state index contributed by atoms with van der Waals surface area (Å²) in [5.41, 5.74) is 6.70. The number of phenolic OH excluding ortho intramolecular Hbond substituents is 1. The van der Waals surface area contributed by atoms with Crippen molar-refractivity contribution in [1.82, 2.24) is 0 Å². The van der Waals surface area contributed by atoms with E-state index in [2.05, 4.69) is 4.90 Å². The van der Waals surface area contributed by atoms with Crippen LogP contribution in [0.2, 0.25) is 0 Å². The highest BCUT2D eigenvalue weighted by Gasteiger charge is 2.18. The predicted molar refractivity (Wildman–Crippen MR) is 62.2 cm³/mol. The molecular weight excluding hydrogens is 206 g/mol. The minimum Gasteiger partial charge on any atom is -0.507 e. The molecule has 4 N–H and O–H groups in total. The van der Waals surface area contributed by atoms with Crippen molar-refractivity contribution in [3.05, 3.63) is 23.8 Å². The number of nitrogens with two attached hydrogens (primary N) is 1. The summed E-state index contributed by atoms with van der Waals surface area (Å²) >= 11 is 0. The van der Waals surface area contributed by atoms with Gasteiger partial charge in [0.15, 0.2) is 0 Å². The highest BCUT2D eigenvalue weighted by atomic mass is 16.5. The van der Waals surface area contributed by atoms with E-state index in [0.29, 0.717) is 18.8 Å². The van der Waals surface area contributed by atoms with Crippen molar-refractivity contribution in [3.8, 4) is 5.75 Å². The molecule has 5 nitrogen and oxygen atoms in total. The van der Waals surface area contributed by atoms with Crippen molar-refractivity contribution in [2.75, 3.05) is 31.2 Å². The topological polar surface area (TPSA) is 82.6 Å². The Morgan fingerprint density at radius 1 is 1.38 bits per heavy atom. The van der Waals surface area contributed by atoms with Crippen LogP contribution in [0.1, 0.15) is 5.56 Å². The molecule has 16 heavy (non-hydrogen) atoms. The first-order valence-electron chi connectivity index (χ1n) is 5.19. The first kappa shape index (κ1) is 10.8. The Kier molecular flexibility index (Phi) is 2.96. The standard InChI is InChI=1S/C11H15N3O2/c12-11(13)10-8(2-1-3-9(10)15)14-4-6-16-7-5-14/h1-3,15H,4-7H2,(H3,12,13). The Hall–Kier alpha value is -1.75. The number of nitrogens with one attached hydrogen (secondary N) is 1. The van der Waals surface area contributed by atoms with E-state index < -0.39 is 0 Å². The SMILES string of the molecule is N=C(N)c1c(O)cccc1N1CCOCC1. The molecule has 1 aliphatic rings. The molecule has 1 aromatic rings. The fourth-order valence-corrected chi connectivity index (χ4v) is 1.87. The van der Waals surface area contributed by atoms with E-state index in [1.807, 2.05) is 6.07 Å². The Bertz CT molecular complexity index is 400. The van der Waals surface area contributed by atoms with Crippen LogP contribution in [0.5, 0.6) is 5.75 Å². The van der Waals surface area contributed by atoms with Crippen molar-refractivity contribution < 1.29 is 9.84 Å². The van der Waals surface area contributed by atoms with Crippen molar-refractivity contribution in [2.24, 2.45) is 5.73 Å². The van der Waals surface area contributed by atoms with Gasteiger partial charge in [0.2, 0.25) is 0 Å². The molecule has 0 aromatic heterocycles. The number of hydrogen-bond acceptors (Lipinski definition) is 4. The molecule has 1 fully saturated rings. The maximum absolute atomic E-state index is 9.71. The maximum atomic E-state index is 9.71. The number of aromatic hydroxyl groups is 1. The number of amidine groups is 1. The van der Waals surface area contributed by atoms with E-state index >= 15 is 0 Å². The molecule has 0 aliphatic carbocycles. The van der Waals surface area contributed by atoms with Gasteiger partial charge in [0.25, 0.3) is 0 Å². The van der Waals surface area contributed by atoms with Crippen LogP contribution in [-0.2, 0) is 4.74 Å². The van der Waals surface area contributed by atoms with Gasteiger partial charge >= 0.3 is 0 Å². The molecule has 1 heterocycles. The quantitative estimate of drug-likeness (QED) is 0.502. The van der Waals surface area contributed by atoms with Gasteiger partial charge in [-0.25, -0.2) is 0 Å². The number of nitrogen functional groups attached to an aromatic ring is 1. The summed E-state index contributed by atoms with van der Waals surface area (Å²) in [7, 11) is 0. The minimum atomic E-state index is -0.111. The lowest BCUT2D eigenvalue weighted by Crippen LogP contribution is -2.37. The van der Waals surface area contributed by atoms with Crippen LogP contribution < -0.4 is 10.6 Å². The number of benzene rings is 1. The van der Waals surface area contributed by atoms with E-state index in [1.165, 1.54) is 0 Å². The van der Waals surface area contributed by atoms with Gasteiger partial charge in [0.05, 0.1) is 24.5 Å². The number of hydrogen-bond donors (Lipinski definition) is 3. The van der Waals surface area contributed by atoms with Crippen LogP contribution in [0, 0.1) is 5.41 Å². The Balaban J connectivity index is 2.38. The summed E-state index contributed by atoms with van der Waals surface area (Å²) < 4.78 is 5.26. The van der Waals surface area contributed by atoms with E-state index in [1.54, 1.807) is 12.1 Å². The van der Waals surface area contributed by atoms with E-state index in [4.69, 9.17) is 15.9 Å². The molecule has 5 heteroatoms. The van der Waals surface area contributed by atoms with Crippen molar-refractivity contribution in [1.29, 1.82) is 5.41 Å². The van der Waals surface area contributed by atoms with Crippen LogP contribution in [0.15, 0.2) is 18.2 Å². The summed E-state index contributed by atoms with van der Waals surface area (Å²) in [6, 6.07) is 5.16. The van der Waals surface area contributed by atoms with Crippen LogP contribution >= 0.6 is 0 Å². The molecule has 1 aliphatic heterocycles. The molecule has 2 rings (SSSR count). The van der Waals surface area contributed by atoms with E-state index in [-0.39, 0.29) is 11.6 Å². The average Bonchev–Trinajstić information content (AvgIpc) is 2.29. The van der Waals surface area contributed by atoms with Crippen molar-refractivity contribution in [3.63, 3.8) is 0 Å². The predicted octanol–water partition coefficient (Wildman–Crippen LogP) is 0.513. The smallest absolute Gasteiger partial charge is 0.128 e. The monoisotopic (exact) mass is 221 g/mol. The van der Waals surface area contributed by atoms with Gasteiger partial charge in [-0.3, -0.25) is 5.41 Å². The van der Waals surface area contributed by atoms with Gasteiger partial charge in [-0.2, -0.15) is 0 Å². The lowest BCUT2D eigenvalue weighted by molar-refractivity contribution is 0.122. The molecule has 0 radical (unpaired) electrons. The second-order valence-corrected chi connectivity index (χ2v) is 3.68.